The van der Waals surface area contributed by atoms with Crippen LogP contribution < -0.4 is 15.4 Å². The number of carbonyl (C=O) groups is 2. The molecule has 4 rings (SSSR count). The third-order valence-corrected chi connectivity index (χ3v) is 5.98. The molecule has 0 unspecified atom stereocenters. The molecular formula is C25H30FN5O6. The van der Waals surface area contributed by atoms with Gasteiger partial charge in [0.2, 0.25) is 5.91 Å². The Hall–Kier alpha value is -3.64. The highest BCUT2D eigenvalue weighted by atomic mass is 19.1. The van der Waals surface area contributed by atoms with E-state index in [4.69, 9.17) is 19.0 Å². The van der Waals surface area contributed by atoms with Gasteiger partial charge in [-0.25, -0.2) is 14.4 Å². The number of methoxy groups -OCH3 is 1. The Kier molecular flexibility index (Phi) is 8.62. The van der Waals surface area contributed by atoms with Crippen LogP contribution in [-0.2, 0) is 25.7 Å². The van der Waals surface area contributed by atoms with Crippen LogP contribution in [0.25, 0.3) is 0 Å². The van der Waals surface area contributed by atoms with Crippen LogP contribution in [0.2, 0.25) is 0 Å². The van der Waals surface area contributed by atoms with Crippen molar-refractivity contribution in [2.24, 2.45) is 5.16 Å². The molecule has 2 aliphatic rings. The number of halogens is 1. The van der Waals surface area contributed by atoms with Crippen molar-refractivity contribution in [3.05, 3.63) is 52.9 Å². The highest BCUT2D eigenvalue weighted by Gasteiger charge is 2.35. The number of hydrogen-bond donors (Lipinski definition) is 2. The maximum atomic E-state index is 13.6. The Balaban J connectivity index is 1.32. The zero-order chi connectivity index (χ0) is 26.4. The van der Waals surface area contributed by atoms with Crippen LogP contribution in [0.3, 0.4) is 0 Å². The van der Waals surface area contributed by atoms with Crippen LogP contribution in [-0.4, -0.2) is 72.7 Å². The number of carbonyl (C=O) groups excluding carboxylic acids is 2. The molecule has 0 bridgehead atoms. The molecule has 2 N–H and O–H groups in total. The quantitative estimate of drug-likeness (QED) is 0.515. The average molecular weight is 516 g/mol. The molecule has 0 spiro atoms. The van der Waals surface area contributed by atoms with Gasteiger partial charge in [-0.3, -0.25) is 9.59 Å². The second kappa shape index (κ2) is 12.1. The Bertz CT molecular complexity index is 1170. The highest BCUT2D eigenvalue weighted by Crippen LogP contribution is 2.23. The predicted octanol–water partition coefficient (Wildman–Crippen LogP) is 1.67. The number of aryl methyl sites for hydroxylation is 1. The molecule has 2 aliphatic heterocycles. The molecule has 37 heavy (non-hydrogen) atoms. The summed E-state index contributed by atoms with van der Waals surface area (Å²) >= 11 is 0. The van der Waals surface area contributed by atoms with Gasteiger partial charge in [-0.2, -0.15) is 0 Å². The van der Waals surface area contributed by atoms with Crippen LogP contribution in [0, 0.1) is 12.7 Å². The molecule has 1 aromatic heterocycles. The number of nitrogens with one attached hydrogen (secondary N) is 2. The summed E-state index contributed by atoms with van der Waals surface area (Å²) < 4.78 is 30.3. The number of amides is 2. The molecule has 2 amide bonds. The van der Waals surface area contributed by atoms with Crippen LogP contribution >= 0.6 is 0 Å². The predicted molar refractivity (Wildman–Crippen MR) is 130 cm³/mol. The van der Waals surface area contributed by atoms with E-state index in [1.165, 1.54) is 19.2 Å². The number of ether oxygens (including phenoxy) is 3. The van der Waals surface area contributed by atoms with Crippen molar-refractivity contribution in [2.45, 2.75) is 51.5 Å². The molecule has 0 saturated carbocycles. The van der Waals surface area contributed by atoms with Gasteiger partial charge in [0.25, 0.3) is 5.91 Å². The van der Waals surface area contributed by atoms with E-state index in [1.54, 1.807) is 26.0 Å². The van der Waals surface area contributed by atoms with Crippen LogP contribution in [0.1, 0.15) is 47.3 Å². The first-order valence-electron chi connectivity index (χ1n) is 12.1. The zero-order valence-corrected chi connectivity index (χ0v) is 21.0. The van der Waals surface area contributed by atoms with E-state index in [-0.39, 0.29) is 42.2 Å². The number of rotatable bonds is 9. The molecule has 0 aliphatic carbocycles. The summed E-state index contributed by atoms with van der Waals surface area (Å²) in [6.07, 6.45) is -0.0465. The van der Waals surface area contributed by atoms with E-state index in [0.29, 0.717) is 55.4 Å². The largest absolute Gasteiger partial charge is 0.494 e. The first kappa shape index (κ1) is 26.4. The van der Waals surface area contributed by atoms with Gasteiger partial charge in [0, 0.05) is 25.9 Å². The van der Waals surface area contributed by atoms with Crippen LogP contribution in [0.5, 0.6) is 5.75 Å². The third kappa shape index (κ3) is 6.77. The molecule has 11 nitrogen and oxygen atoms in total. The highest BCUT2D eigenvalue weighted by molar-refractivity contribution is 6.02. The van der Waals surface area contributed by atoms with E-state index in [2.05, 4.69) is 25.8 Å². The minimum atomic E-state index is -0.475. The smallest absolute Gasteiger partial charge is 0.270 e. The van der Waals surface area contributed by atoms with Crippen molar-refractivity contribution in [3.63, 3.8) is 0 Å². The number of nitrogens with zero attached hydrogens (tertiary/aromatic N) is 3. The molecule has 1 fully saturated rings. The second-order valence-corrected chi connectivity index (χ2v) is 8.71. The van der Waals surface area contributed by atoms with E-state index >= 15 is 0 Å². The topological polar surface area (TPSA) is 133 Å². The van der Waals surface area contributed by atoms with Gasteiger partial charge < -0.3 is 29.7 Å². The molecule has 2 aromatic rings. The molecule has 0 radical (unpaired) electrons. The zero-order valence-electron chi connectivity index (χ0n) is 21.0. The molecule has 3 atom stereocenters. The molecule has 12 heteroatoms. The van der Waals surface area contributed by atoms with Gasteiger partial charge in [-0.15, -0.1) is 0 Å². The van der Waals surface area contributed by atoms with Crippen molar-refractivity contribution in [1.29, 1.82) is 0 Å². The van der Waals surface area contributed by atoms with Gasteiger partial charge in [-0.1, -0.05) is 18.1 Å². The fourth-order valence-electron chi connectivity index (χ4n) is 3.91. The maximum Gasteiger partial charge on any atom is 0.270 e. The lowest BCUT2D eigenvalue weighted by atomic mass is 10.0. The van der Waals surface area contributed by atoms with Gasteiger partial charge >= 0.3 is 0 Å². The SMILES string of the molecule is CCC(=O)NC[C@@H]1CO[C@@H]([C@@H]2CC(c3cc(C(=O)NCc4ccc(F)c(OC)c4)nc(C)n3)=NO2)CO1. The van der Waals surface area contributed by atoms with Crippen molar-refractivity contribution in [1.82, 2.24) is 20.6 Å². The number of benzene rings is 1. The Labute approximate surface area is 213 Å². The van der Waals surface area contributed by atoms with E-state index in [9.17, 15) is 14.0 Å². The summed E-state index contributed by atoms with van der Waals surface area (Å²) in [4.78, 5) is 38.5. The normalized spacial score (nSPS) is 21.1. The van der Waals surface area contributed by atoms with Crippen LogP contribution in [0.4, 0.5) is 4.39 Å². The fourth-order valence-corrected chi connectivity index (χ4v) is 3.91. The Morgan fingerprint density at radius 2 is 1.97 bits per heavy atom. The van der Waals surface area contributed by atoms with E-state index < -0.39 is 11.7 Å². The number of aromatic nitrogens is 2. The van der Waals surface area contributed by atoms with Gasteiger partial charge in [0.1, 0.15) is 23.3 Å². The molecule has 1 saturated heterocycles. The van der Waals surface area contributed by atoms with Crippen molar-refractivity contribution < 1.29 is 33.0 Å². The average Bonchev–Trinajstić information content (AvgIpc) is 3.41. The monoisotopic (exact) mass is 515 g/mol. The fraction of sp³-hybridized carbons (Fsp3) is 0.480. The lowest BCUT2D eigenvalue weighted by Gasteiger charge is -2.31. The standard InChI is InChI=1S/C25H30FN5O6/c1-4-24(32)27-11-16-12-36-23(13-35-16)22-9-19(31-37-22)18-8-20(30-14(2)29-18)25(33)28-10-15-5-6-17(26)21(7-15)34-3/h5-8,16,22-23H,4,9-13H2,1-3H3,(H,27,32)(H,28,33)/t16-,22+,23-/m1/s1. The number of oxime groups is 1. The van der Waals surface area contributed by atoms with Crippen LogP contribution in [0.15, 0.2) is 29.4 Å². The molecular weight excluding hydrogens is 485 g/mol. The summed E-state index contributed by atoms with van der Waals surface area (Å²) in [6.45, 7) is 4.69. The summed E-state index contributed by atoms with van der Waals surface area (Å²) in [5.74, 6) is -0.404. The Morgan fingerprint density at radius 3 is 2.70 bits per heavy atom. The summed E-state index contributed by atoms with van der Waals surface area (Å²) in [5, 5.41) is 9.74. The minimum Gasteiger partial charge on any atom is -0.494 e. The summed E-state index contributed by atoms with van der Waals surface area (Å²) in [6, 6.07) is 5.94. The summed E-state index contributed by atoms with van der Waals surface area (Å²) in [5.41, 5.74) is 1.92. The van der Waals surface area contributed by atoms with Crippen molar-refractivity contribution in [2.75, 3.05) is 26.9 Å². The first-order chi connectivity index (χ1) is 17.9. The summed E-state index contributed by atoms with van der Waals surface area (Å²) in [7, 11) is 1.38. The molecule has 198 valence electrons. The lowest BCUT2D eigenvalue weighted by molar-refractivity contribution is -0.170. The van der Waals surface area contributed by atoms with Crippen molar-refractivity contribution >= 4 is 17.5 Å². The number of hydrogen-bond acceptors (Lipinski definition) is 9. The van der Waals surface area contributed by atoms with E-state index in [1.807, 2.05) is 0 Å². The first-order valence-corrected chi connectivity index (χ1v) is 12.1. The lowest BCUT2D eigenvalue weighted by Crippen LogP contribution is -2.46. The van der Waals surface area contributed by atoms with Gasteiger partial charge in [0.15, 0.2) is 17.7 Å². The minimum absolute atomic E-state index is 0.0354. The van der Waals surface area contributed by atoms with E-state index in [0.717, 1.165) is 0 Å². The molecule has 1 aromatic carbocycles. The Morgan fingerprint density at radius 1 is 1.14 bits per heavy atom. The van der Waals surface area contributed by atoms with Gasteiger partial charge in [0.05, 0.1) is 32.1 Å². The maximum absolute atomic E-state index is 13.6. The third-order valence-electron chi connectivity index (χ3n) is 5.98. The van der Waals surface area contributed by atoms with Crippen molar-refractivity contribution in [3.8, 4) is 5.75 Å². The second-order valence-electron chi connectivity index (χ2n) is 8.71. The van der Waals surface area contributed by atoms with Gasteiger partial charge in [-0.05, 0) is 30.7 Å². The molecule has 3 heterocycles.